The van der Waals surface area contributed by atoms with E-state index in [0.717, 1.165) is 4.31 Å². The van der Waals surface area contributed by atoms with Crippen LogP contribution in [0.3, 0.4) is 0 Å². The summed E-state index contributed by atoms with van der Waals surface area (Å²) in [6.45, 7) is 1.88. The molecule has 21 heavy (non-hydrogen) atoms. The number of halogens is 4. The maximum atomic E-state index is 13.3. The SMILES string of the molecule is O=S(=O)(c1cc(F)cc(C(F)(F)F)c1)N1CC2(CNC2)C1. The van der Waals surface area contributed by atoms with Crippen molar-refractivity contribution in [1.29, 1.82) is 0 Å². The van der Waals surface area contributed by atoms with Crippen LogP contribution < -0.4 is 5.32 Å². The molecule has 0 aliphatic carbocycles. The molecule has 2 aliphatic heterocycles. The highest BCUT2D eigenvalue weighted by atomic mass is 32.2. The molecule has 0 bridgehead atoms. The molecule has 2 heterocycles. The van der Waals surface area contributed by atoms with Gasteiger partial charge >= 0.3 is 6.18 Å². The molecule has 116 valence electrons. The summed E-state index contributed by atoms with van der Waals surface area (Å²) in [5.74, 6) is -1.22. The first-order valence-corrected chi connectivity index (χ1v) is 7.65. The highest BCUT2D eigenvalue weighted by Crippen LogP contribution is 2.39. The fourth-order valence-corrected chi connectivity index (χ4v) is 4.32. The summed E-state index contributed by atoms with van der Waals surface area (Å²) in [4.78, 5) is -0.656. The zero-order chi connectivity index (χ0) is 15.5. The molecule has 2 saturated heterocycles. The first-order chi connectivity index (χ1) is 9.62. The van der Waals surface area contributed by atoms with E-state index in [1.807, 2.05) is 0 Å². The number of hydrogen-bond acceptors (Lipinski definition) is 3. The van der Waals surface area contributed by atoms with Gasteiger partial charge in [-0.15, -0.1) is 0 Å². The molecule has 2 aliphatic rings. The van der Waals surface area contributed by atoms with Gasteiger partial charge in [0.1, 0.15) is 5.82 Å². The summed E-state index contributed by atoms with van der Waals surface area (Å²) in [7, 11) is -4.09. The maximum Gasteiger partial charge on any atom is 0.416 e. The molecule has 1 spiro atoms. The van der Waals surface area contributed by atoms with Crippen molar-refractivity contribution in [2.45, 2.75) is 11.1 Å². The molecular formula is C12H12F4N2O2S. The van der Waals surface area contributed by atoms with Crippen molar-refractivity contribution in [3.63, 3.8) is 0 Å². The Balaban J connectivity index is 1.91. The van der Waals surface area contributed by atoms with Gasteiger partial charge in [0.05, 0.1) is 10.5 Å². The van der Waals surface area contributed by atoms with E-state index in [4.69, 9.17) is 0 Å². The molecule has 3 rings (SSSR count). The minimum atomic E-state index is -4.79. The summed E-state index contributed by atoms with van der Waals surface area (Å²) < 4.78 is 76.8. The Labute approximate surface area is 118 Å². The van der Waals surface area contributed by atoms with Crippen molar-refractivity contribution >= 4 is 10.0 Å². The summed E-state index contributed by atoms with van der Waals surface area (Å²) in [6, 6.07) is 1.38. The molecular weight excluding hydrogens is 312 g/mol. The monoisotopic (exact) mass is 324 g/mol. The quantitative estimate of drug-likeness (QED) is 0.838. The first-order valence-electron chi connectivity index (χ1n) is 6.21. The summed E-state index contributed by atoms with van der Waals surface area (Å²) in [5, 5.41) is 3.02. The summed E-state index contributed by atoms with van der Waals surface area (Å²) >= 11 is 0. The number of nitrogens with zero attached hydrogens (tertiary/aromatic N) is 1. The van der Waals surface area contributed by atoms with Crippen LogP contribution in [0.1, 0.15) is 5.56 Å². The normalized spacial score (nSPS) is 21.9. The number of rotatable bonds is 2. The molecule has 0 amide bonds. The molecule has 4 nitrogen and oxygen atoms in total. The van der Waals surface area contributed by atoms with E-state index in [0.29, 0.717) is 25.2 Å². The lowest BCUT2D eigenvalue weighted by Crippen LogP contribution is -2.71. The van der Waals surface area contributed by atoms with Gasteiger partial charge in [0.15, 0.2) is 0 Å². The topological polar surface area (TPSA) is 49.4 Å². The molecule has 0 saturated carbocycles. The van der Waals surface area contributed by atoms with E-state index < -0.39 is 32.5 Å². The van der Waals surface area contributed by atoms with Crippen LogP contribution >= 0.6 is 0 Å². The van der Waals surface area contributed by atoms with Gasteiger partial charge in [-0.3, -0.25) is 0 Å². The maximum absolute atomic E-state index is 13.3. The van der Waals surface area contributed by atoms with Crippen molar-refractivity contribution in [3.05, 3.63) is 29.6 Å². The van der Waals surface area contributed by atoms with E-state index in [-0.39, 0.29) is 24.6 Å². The molecule has 0 atom stereocenters. The standard InChI is InChI=1S/C12H12F4N2O2S/c13-9-1-8(12(14,15)16)2-10(3-9)21(19,20)18-6-11(7-18)4-17-5-11/h1-3,17H,4-7H2. The minimum Gasteiger partial charge on any atom is -0.315 e. The third kappa shape index (κ3) is 2.43. The lowest BCUT2D eigenvalue weighted by molar-refractivity contribution is -0.137. The minimum absolute atomic E-state index is 0.104. The van der Waals surface area contributed by atoms with Gasteiger partial charge in [-0.25, -0.2) is 12.8 Å². The van der Waals surface area contributed by atoms with Gasteiger partial charge in [-0.05, 0) is 18.2 Å². The van der Waals surface area contributed by atoms with Crippen molar-refractivity contribution in [2.75, 3.05) is 26.2 Å². The van der Waals surface area contributed by atoms with Crippen LogP contribution in [-0.4, -0.2) is 38.9 Å². The van der Waals surface area contributed by atoms with E-state index in [1.165, 1.54) is 0 Å². The molecule has 0 radical (unpaired) electrons. The van der Waals surface area contributed by atoms with Crippen molar-refractivity contribution in [2.24, 2.45) is 5.41 Å². The second kappa shape index (κ2) is 4.40. The zero-order valence-corrected chi connectivity index (χ0v) is 11.6. The van der Waals surface area contributed by atoms with Crippen LogP contribution in [0.25, 0.3) is 0 Å². The number of hydrogen-bond donors (Lipinski definition) is 1. The number of sulfonamides is 1. The molecule has 1 N–H and O–H groups in total. The van der Waals surface area contributed by atoms with Gasteiger partial charge in [0, 0.05) is 31.6 Å². The molecule has 0 unspecified atom stereocenters. The van der Waals surface area contributed by atoms with Crippen molar-refractivity contribution < 1.29 is 26.0 Å². The second-order valence-electron chi connectivity index (χ2n) is 5.55. The van der Waals surface area contributed by atoms with E-state index >= 15 is 0 Å². The molecule has 1 aromatic carbocycles. The number of alkyl halides is 3. The Morgan fingerprint density at radius 1 is 1.14 bits per heavy atom. The van der Waals surface area contributed by atoms with Crippen LogP contribution in [0, 0.1) is 11.2 Å². The zero-order valence-electron chi connectivity index (χ0n) is 10.7. The van der Waals surface area contributed by atoms with Crippen LogP contribution in [0.5, 0.6) is 0 Å². The largest absolute Gasteiger partial charge is 0.416 e. The van der Waals surface area contributed by atoms with Crippen LogP contribution in [0.15, 0.2) is 23.1 Å². The number of benzene rings is 1. The van der Waals surface area contributed by atoms with Gasteiger partial charge in [-0.2, -0.15) is 17.5 Å². The predicted octanol–water partition coefficient (Wildman–Crippen LogP) is 1.44. The van der Waals surface area contributed by atoms with Crippen LogP contribution in [0.4, 0.5) is 17.6 Å². The first kappa shape index (κ1) is 14.7. The fourth-order valence-electron chi connectivity index (χ4n) is 2.60. The third-order valence-electron chi connectivity index (χ3n) is 3.86. The Hall–Kier alpha value is -1.19. The summed E-state index contributed by atoms with van der Waals surface area (Å²) in [5.41, 5.74) is -1.41. The molecule has 1 aromatic rings. The van der Waals surface area contributed by atoms with E-state index in [1.54, 1.807) is 0 Å². The van der Waals surface area contributed by atoms with Crippen molar-refractivity contribution in [1.82, 2.24) is 9.62 Å². The smallest absolute Gasteiger partial charge is 0.315 e. The summed E-state index contributed by atoms with van der Waals surface area (Å²) in [6.07, 6.45) is -4.79. The van der Waals surface area contributed by atoms with Crippen LogP contribution in [0.2, 0.25) is 0 Å². The van der Waals surface area contributed by atoms with Gasteiger partial charge in [0.25, 0.3) is 0 Å². The van der Waals surface area contributed by atoms with Gasteiger partial charge < -0.3 is 5.32 Å². The van der Waals surface area contributed by atoms with E-state index in [9.17, 15) is 26.0 Å². The van der Waals surface area contributed by atoms with E-state index in [2.05, 4.69) is 5.32 Å². The average molecular weight is 324 g/mol. The highest BCUT2D eigenvalue weighted by molar-refractivity contribution is 7.89. The fraction of sp³-hybridized carbons (Fsp3) is 0.500. The van der Waals surface area contributed by atoms with Gasteiger partial charge in [-0.1, -0.05) is 0 Å². The Morgan fingerprint density at radius 2 is 1.76 bits per heavy atom. The molecule has 2 fully saturated rings. The Kier molecular flexibility index (Phi) is 3.09. The molecule has 0 aromatic heterocycles. The second-order valence-corrected chi connectivity index (χ2v) is 7.49. The van der Waals surface area contributed by atoms with Crippen LogP contribution in [-0.2, 0) is 16.2 Å². The lowest BCUT2D eigenvalue weighted by Gasteiger charge is -2.55. The number of nitrogens with one attached hydrogen (secondary N) is 1. The predicted molar refractivity (Wildman–Crippen MR) is 65.5 cm³/mol. The lowest BCUT2D eigenvalue weighted by atomic mass is 9.76. The highest BCUT2D eigenvalue weighted by Gasteiger charge is 2.52. The van der Waals surface area contributed by atoms with Crippen molar-refractivity contribution in [3.8, 4) is 0 Å². The Bertz CT molecular complexity index is 675. The molecule has 9 heteroatoms. The van der Waals surface area contributed by atoms with Gasteiger partial charge in [0.2, 0.25) is 10.0 Å². The third-order valence-corrected chi connectivity index (χ3v) is 5.63. The average Bonchev–Trinajstić information content (AvgIpc) is 2.22. The Morgan fingerprint density at radius 3 is 2.24 bits per heavy atom.